The van der Waals surface area contributed by atoms with E-state index in [4.69, 9.17) is 23.7 Å². The number of aliphatic hydroxyl groups is 3. The molecule has 5 saturated carbocycles. The van der Waals surface area contributed by atoms with Gasteiger partial charge >= 0.3 is 23.9 Å². The number of carbonyl (C=O) groups excluding carboxylic acids is 6. The fraction of sp³-hybridized carbons (Fsp3) is 0.612. The number of amides is 1. The van der Waals surface area contributed by atoms with Crippen LogP contribution in [-0.4, -0.2) is 105 Å². The summed E-state index contributed by atoms with van der Waals surface area (Å²) in [6.07, 6.45) is 1.53. The Morgan fingerprint density at radius 3 is 1.94 bits per heavy atom. The summed E-state index contributed by atoms with van der Waals surface area (Å²) < 4.78 is 30.3. The maximum Gasteiger partial charge on any atom is 0.338 e. The predicted molar refractivity (Wildman–Crippen MR) is 305 cm³/mol. The van der Waals surface area contributed by atoms with Gasteiger partial charge in [0.2, 0.25) is 0 Å². The Morgan fingerprint density at radius 2 is 1.34 bits per heavy atom. The first-order valence-electron chi connectivity index (χ1n) is 29.8. The monoisotopic (exact) mass is 1130 g/mol. The van der Waals surface area contributed by atoms with Gasteiger partial charge in [0, 0.05) is 37.7 Å². The highest BCUT2D eigenvalue weighted by molar-refractivity contribution is 5.96. The van der Waals surface area contributed by atoms with E-state index in [1.807, 2.05) is 0 Å². The van der Waals surface area contributed by atoms with E-state index in [9.17, 15) is 39.3 Å². The molecule has 15 heteroatoms. The third-order valence-electron chi connectivity index (χ3n) is 21.7. The van der Waals surface area contributed by atoms with Crippen molar-refractivity contribution in [3.8, 4) is 0 Å². The first-order valence-corrected chi connectivity index (χ1v) is 29.8. The second-order valence-electron chi connectivity index (χ2n) is 26.9. The number of rotatable bonds is 10. The third kappa shape index (κ3) is 10.7. The van der Waals surface area contributed by atoms with Crippen LogP contribution in [0, 0.1) is 57.2 Å². The molecular formula is C67H87NO14. The molecular weight excluding hydrogens is 1040 g/mol. The largest absolute Gasteiger partial charge is 0.456 e. The summed E-state index contributed by atoms with van der Waals surface area (Å²) in [7, 11) is 0. The number of Topliss-reactive ketones (excluding diaryl/α,β-unsaturated/α-hetero) is 1. The van der Waals surface area contributed by atoms with Crippen molar-refractivity contribution in [3.05, 3.63) is 119 Å². The molecule has 1 amide bonds. The summed E-state index contributed by atoms with van der Waals surface area (Å²) in [5, 5.41) is 40.2. The van der Waals surface area contributed by atoms with Crippen molar-refractivity contribution < 1.29 is 67.8 Å². The minimum atomic E-state index is -2.39. The van der Waals surface area contributed by atoms with Gasteiger partial charge in [-0.1, -0.05) is 134 Å². The summed E-state index contributed by atoms with van der Waals surface area (Å²) in [6, 6.07) is 22.9. The van der Waals surface area contributed by atoms with Crippen LogP contribution >= 0.6 is 0 Å². The van der Waals surface area contributed by atoms with Crippen LogP contribution in [0.3, 0.4) is 0 Å². The molecule has 0 unspecified atom stereocenters. The average Bonchev–Trinajstić information content (AvgIpc) is 1.12. The molecule has 1 saturated heterocycles. The summed E-state index contributed by atoms with van der Waals surface area (Å²) in [6.45, 7) is 20.9. The molecule has 3 aromatic rings. The van der Waals surface area contributed by atoms with Gasteiger partial charge in [0.15, 0.2) is 23.6 Å². The summed E-state index contributed by atoms with van der Waals surface area (Å²) >= 11 is 0. The molecule has 4 bridgehead atoms. The van der Waals surface area contributed by atoms with Gasteiger partial charge in [0.25, 0.3) is 5.91 Å². The molecule has 1 heterocycles. The minimum absolute atomic E-state index is 0.00289. The fourth-order valence-corrected chi connectivity index (χ4v) is 16.9. The standard InChI is InChI=1S/C47H51NO14.C20H36/c1-25-31(60-43(56)36(52)35(28-16-10-7-11-17-28)48-41(54)29-18-12-8-13-19-29)23-47(57)40(61-42(55)30-20-14-9-15-21-30)38-45(6,32(51)22-33-46(38,24-58-33)62-27(3)50)39(53)37(59-26(2)49)34(25)44(47,4)5;1-14-7-6-11-20(5)12-10-17-15(2)8-9-16(13-18(14)20)19(17,3)4/h7-21,31-33,35-38,40,51-52,57H,22-24H2,1-6H3,(H,48,54);14-18H,6-13H2,1-5H3/t31-,32-,33+,35-,36+,37+,38-,40-,45+,46-,47+;14-,15-,16+,17+,18-,20+/m01/s1. The van der Waals surface area contributed by atoms with E-state index in [1.165, 1.54) is 77.3 Å². The zero-order chi connectivity index (χ0) is 59.5. The lowest BCUT2D eigenvalue weighted by Crippen LogP contribution is -2.82. The van der Waals surface area contributed by atoms with Gasteiger partial charge in [-0.05, 0) is 127 Å². The van der Waals surface area contributed by atoms with Crippen molar-refractivity contribution in [1.82, 2.24) is 5.32 Å². The highest BCUT2D eigenvalue weighted by atomic mass is 16.6. The zero-order valence-corrected chi connectivity index (χ0v) is 49.8. The Balaban J connectivity index is 0.000000338. The van der Waals surface area contributed by atoms with Crippen LogP contribution in [0.15, 0.2) is 102 Å². The lowest BCUT2D eigenvalue weighted by atomic mass is 9.44. The Labute approximate surface area is 483 Å². The third-order valence-corrected chi connectivity index (χ3v) is 21.7. The Morgan fingerprint density at radius 1 is 0.732 bits per heavy atom. The number of ketones is 1. The molecule has 444 valence electrons. The summed E-state index contributed by atoms with van der Waals surface area (Å²) in [4.78, 5) is 83.5. The number of ether oxygens (including phenoxy) is 5. The van der Waals surface area contributed by atoms with Crippen LogP contribution in [0.25, 0.3) is 0 Å². The van der Waals surface area contributed by atoms with Crippen LogP contribution in [0.1, 0.15) is 173 Å². The van der Waals surface area contributed by atoms with E-state index in [1.54, 1.807) is 92.7 Å². The first-order chi connectivity index (χ1) is 38.6. The van der Waals surface area contributed by atoms with Crippen molar-refractivity contribution in [3.63, 3.8) is 0 Å². The van der Waals surface area contributed by atoms with Crippen molar-refractivity contribution in [2.75, 3.05) is 6.61 Å². The average molecular weight is 1130 g/mol. The molecule has 4 N–H and O–H groups in total. The number of esters is 4. The first kappa shape index (κ1) is 60.8. The molecule has 6 fully saturated rings. The Bertz CT molecular complexity index is 2910. The van der Waals surface area contributed by atoms with E-state index < -0.39 is 113 Å². The lowest BCUT2D eigenvalue weighted by Gasteiger charge is -2.67. The summed E-state index contributed by atoms with van der Waals surface area (Å²) in [5.41, 5.74) is -5.76. The molecule has 17 atom stereocenters. The fourth-order valence-electron chi connectivity index (χ4n) is 16.9. The highest BCUT2D eigenvalue weighted by Gasteiger charge is 2.78. The normalized spacial score (nSPS) is 36.7. The topological polar surface area (TPSA) is 221 Å². The number of carbonyl (C=O) groups is 6. The number of nitrogens with one attached hydrogen (secondary N) is 1. The van der Waals surface area contributed by atoms with E-state index >= 15 is 4.79 Å². The maximum absolute atomic E-state index is 15.5. The molecule has 82 heavy (non-hydrogen) atoms. The van der Waals surface area contributed by atoms with Crippen molar-refractivity contribution >= 4 is 35.6 Å². The van der Waals surface area contributed by atoms with Gasteiger partial charge in [0.05, 0.1) is 35.6 Å². The Hall–Kier alpha value is -5.74. The van der Waals surface area contributed by atoms with Gasteiger partial charge in [-0.15, -0.1) is 0 Å². The van der Waals surface area contributed by atoms with Crippen molar-refractivity contribution in [2.45, 2.75) is 194 Å². The molecule has 1 aliphatic heterocycles. The molecule has 7 aliphatic rings. The van der Waals surface area contributed by atoms with E-state index in [-0.39, 0.29) is 35.3 Å². The lowest BCUT2D eigenvalue weighted by molar-refractivity contribution is -0.346. The number of benzene rings is 3. The van der Waals surface area contributed by atoms with Gasteiger partial charge in [0.1, 0.15) is 23.9 Å². The van der Waals surface area contributed by atoms with E-state index in [0.29, 0.717) is 16.4 Å². The maximum atomic E-state index is 15.5. The molecule has 0 spiro atoms. The smallest absolute Gasteiger partial charge is 0.338 e. The quantitative estimate of drug-likeness (QED) is 0.0843. The number of hydrogen-bond acceptors (Lipinski definition) is 14. The molecule has 15 nitrogen and oxygen atoms in total. The van der Waals surface area contributed by atoms with E-state index in [2.05, 4.69) is 39.9 Å². The molecule has 3 aromatic carbocycles. The molecule has 6 aliphatic carbocycles. The van der Waals surface area contributed by atoms with Gasteiger partial charge in [-0.2, -0.15) is 0 Å². The van der Waals surface area contributed by atoms with Crippen LogP contribution in [-0.2, 0) is 42.9 Å². The molecule has 0 aromatic heterocycles. The zero-order valence-electron chi connectivity index (χ0n) is 49.8. The van der Waals surface area contributed by atoms with Gasteiger partial charge < -0.3 is 44.3 Å². The van der Waals surface area contributed by atoms with Crippen molar-refractivity contribution in [1.29, 1.82) is 0 Å². The number of fused-ring (bicyclic) bond motifs is 8. The van der Waals surface area contributed by atoms with Gasteiger partial charge in [-0.3, -0.25) is 19.2 Å². The predicted octanol–water partition coefficient (Wildman–Crippen LogP) is 10.0. The van der Waals surface area contributed by atoms with Crippen LogP contribution in [0.4, 0.5) is 0 Å². The minimum Gasteiger partial charge on any atom is -0.456 e. The molecule has 10 rings (SSSR count). The SMILES string of the molecule is CC(=O)O[C@H]1C(=O)[C@@]2(C)[C@H]([C@H](OC(=O)c3ccccc3)[C@]3(O)C[C@H](OC(=O)[C@H](O)[C@@H](NC(=O)c4ccccc4)c4ccccc4)C(C)=C1C3(C)C)[C@]1(OC(C)=O)CO[C@@H]1C[C@@H]2O.C[C@@H]1CCC[C@@]2(C)CC[C@H]3[C@H](C)CC[C@@H](C[C@H]12)C3(C)C. The Kier molecular flexibility index (Phi) is 17.1. The highest BCUT2D eigenvalue weighted by Crippen LogP contribution is 2.65. The second-order valence-corrected chi connectivity index (χ2v) is 26.9. The van der Waals surface area contributed by atoms with Crippen molar-refractivity contribution in [2.24, 2.45) is 57.2 Å². The summed E-state index contributed by atoms with van der Waals surface area (Å²) in [5.74, 6) is -1.92. The number of hydrogen-bond donors (Lipinski definition) is 4. The second kappa shape index (κ2) is 23.0. The van der Waals surface area contributed by atoms with Crippen LogP contribution in [0.5, 0.6) is 0 Å². The molecule has 0 radical (unpaired) electrons. The number of aliphatic hydroxyl groups excluding tert-OH is 2. The van der Waals surface area contributed by atoms with Crippen LogP contribution < -0.4 is 5.32 Å². The van der Waals surface area contributed by atoms with Gasteiger partial charge in [-0.25, -0.2) is 9.59 Å². The van der Waals surface area contributed by atoms with E-state index in [0.717, 1.165) is 43.4 Å². The van der Waals surface area contributed by atoms with Crippen LogP contribution in [0.2, 0.25) is 0 Å².